The molecule has 1 aliphatic carbocycles. The van der Waals surface area contributed by atoms with E-state index in [2.05, 4.69) is 46.8 Å². The van der Waals surface area contributed by atoms with Crippen LogP contribution in [0.4, 0.5) is 0 Å². The van der Waals surface area contributed by atoms with Crippen LogP contribution in [0.2, 0.25) is 0 Å². The number of phosphoric ester groups is 1. The molecule has 3 rings (SSSR count). The van der Waals surface area contributed by atoms with E-state index in [0.717, 1.165) is 122 Å². The summed E-state index contributed by atoms with van der Waals surface area (Å²) in [6.45, 7) is 7.89. The quantitative estimate of drug-likeness (QED) is 0.00889. The highest BCUT2D eigenvalue weighted by atomic mass is 31.2. The standard InChI is InChI=1S/C91H169O25P/c1-6-10-14-18-22-25-28-31-32-33-36-39-42-45-52-58-64-76(95)110-71(67-107-74(93)62-56-50-43-40-37-34-29-26-23-19-15-11-7-2)68-109-117(105,106)116-89-87(114-90-84(103)80(99)78(97)72(66-92)111-90)83(102)82(101)86(113-77(96)65-59-53-47-46-49-55-61-70(5)60-54-48-21-17-13-9-4)88(89)115-91-85(104)81(100)79(98)73(112-91)69-108-75(94)63-57-51-44-41-38-35-30-27-24-20-16-12-8-3/h35,38,70-73,78-92,97-104H,6-34,36-37,39-69H2,1-5H3,(H,105,106)/b38-35-. The van der Waals surface area contributed by atoms with E-state index >= 15 is 0 Å². The van der Waals surface area contributed by atoms with Crippen molar-refractivity contribution in [2.45, 2.75) is 511 Å². The summed E-state index contributed by atoms with van der Waals surface area (Å²) in [6, 6.07) is 0. The summed E-state index contributed by atoms with van der Waals surface area (Å²) in [5, 5.41) is 102. The van der Waals surface area contributed by atoms with E-state index in [4.69, 9.17) is 46.9 Å². The van der Waals surface area contributed by atoms with E-state index in [0.29, 0.717) is 44.4 Å². The Balaban J connectivity index is 1.93. The number of phosphoric acid groups is 1. The van der Waals surface area contributed by atoms with Gasteiger partial charge >= 0.3 is 31.7 Å². The average Bonchev–Trinajstić information content (AvgIpc) is 0.754. The maximum absolute atomic E-state index is 14.9. The van der Waals surface area contributed by atoms with Crippen molar-refractivity contribution < 1.29 is 122 Å². The molecule has 2 heterocycles. The zero-order chi connectivity index (χ0) is 85.5. The minimum atomic E-state index is -5.81. The molecule has 1 saturated carbocycles. The number of allylic oxidation sites excluding steroid dienone is 2. The number of ether oxygens (including phenoxy) is 8. The molecule has 117 heavy (non-hydrogen) atoms. The van der Waals surface area contributed by atoms with Crippen molar-refractivity contribution in [1.82, 2.24) is 0 Å². The van der Waals surface area contributed by atoms with Crippen LogP contribution in [0, 0.1) is 5.92 Å². The molecule has 2 aliphatic heterocycles. The van der Waals surface area contributed by atoms with Crippen molar-refractivity contribution in [2.75, 3.05) is 26.4 Å². The van der Waals surface area contributed by atoms with Gasteiger partial charge < -0.3 is 88.7 Å². The second-order valence-electron chi connectivity index (χ2n) is 34.2. The minimum Gasteiger partial charge on any atom is -0.463 e. The second-order valence-corrected chi connectivity index (χ2v) is 35.6. The number of hydrogen-bond donors (Lipinski definition) is 10. The molecule has 19 unspecified atom stereocenters. The zero-order valence-electron chi connectivity index (χ0n) is 73.4. The van der Waals surface area contributed by atoms with E-state index in [1.807, 2.05) is 0 Å². The Hall–Kier alpha value is -2.79. The number of carbonyl (C=O) groups is 4. The van der Waals surface area contributed by atoms with Gasteiger partial charge in [-0.2, -0.15) is 0 Å². The Kier molecular flexibility index (Phi) is 64.4. The molecule has 0 amide bonds. The Morgan fingerprint density at radius 2 is 0.692 bits per heavy atom. The molecule has 3 aliphatic rings. The first kappa shape index (κ1) is 108. The fourth-order valence-corrected chi connectivity index (χ4v) is 16.8. The lowest BCUT2D eigenvalue weighted by Gasteiger charge is -2.50. The third-order valence-electron chi connectivity index (χ3n) is 23.4. The first-order chi connectivity index (χ1) is 56.6. The number of esters is 4. The SMILES string of the molecule is CCCCCCCC/C=C\CCCCCC(=O)OCC1OC(OC2C(OC(=O)CCCCCCCCC(C)CCCCCCCC)C(O)C(O)C(OC3OC(CO)C(O)C(O)C3O)C2OP(=O)(O)OCC(COC(=O)CCCCCCCCCCCCCCC)OC(=O)CCCCCCCCCCCCCCCCCC)C(O)C(O)C1O. The molecule has 0 aromatic carbocycles. The highest BCUT2D eigenvalue weighted by Gasteiger charge is 2.60. The third kappa shape index (κ3) is 50.1. The lowest BCUT2D eigenvalue weighted by atomic mass is 9.84. The number of aliphatic hydroxyl groups excluding tert-OH is 9. The molecular weight excluding hydrogens is 1520 g/mol. The molecule has 0 radical (unpaired) electrons. The van der Waals surface area contributed by atoms with E-state index < -0.39 is 162 Å². The third-order valence-corrected chi connectivity index (χ3v) is 24.4. The molecule has 0 spiro atoms. The van der Waals surface area contributed by atoms with Gasteiger partial charge in [0.05, 0.1) is 13.2 Å². The maximum Gasteiger partial charge on any atom is 0.472 e. The van der Waals surface area contributed by atoms with Gasteiger partial charge in [-0.05, 0) is 57.3 Å². The second kappa shape index (κ2) is 69.5. The van der Waals surface area contributed by atoms with Gasteiger partial charge in [0.2, 0.25) is 0 Å². The van der Waals surface area contributed by atoms with Gasteiger partial charge in [0, 0.05) is 25.7 Å². The number of aliphatic hydroxyl groups is 9. The Labute approximate surface area is 705 Å². The molecule has 10 N–H and O–H groups in total. The summed E-state index contributed by atoms with van der Waals surface area (Å²) in [6.07, 6.45) is 26.4. The summed E-state index contributed by atoms with van der Waals surface area (Å²) in [7, 11) is -5.81. The van der Waals surface area contributed by atoms with Crippen LogP contribution in [0.5, 0.6) is 0 Å². The van der Waals surface area contributed by atoms with Gasteiger partial charge in [0.25, 0.3) is 0 Å². The van der Waals surface area contributed by atoms with Crippen molar-refractivity contribution in [3.8, 4) is 0 Å². The lowest BCUT2D eigenvalue weighted by Crippen LogP contribution is -2.70. The molecule has 0 aromatic rings. The topological polar surface area (TPSA) is 380 Å². The van der Waals surface area contributed by atoms with Crippen LogP contribution in [0.3, 0.4) is 0 Å². The zero-order valence-corrected chi connectivity index (χ0v) is 74.3. The Morgan fingerprint density at radius 1 is 0.359 bits per heavy atom. The van der Waals surface area contributed by atoms with Crippen LogP contribution in [0.15, 0.2) is 12.2 Å². The van der Waals surface area contributed by atoms with Gasteiger partial charge in [-0.3, -0.25) is 28.2 Å². The molecule has 0 bridgehead atoms. The van der Waals surface area contributed by atoms with Crippen LogP contribution in [0.25, 0.3) is 0 Å². The molecule has 0 aromatic heterocycles. The van der Waals surface area contributed by atoms with Gasteiger partial charge in [0.1, 0.15) is 92.6 Å². The summed E-state index contributed by atoms with van der Waals surface area (Å²) in [5.41, 5.74) is 0. The molecular formula is C91H169O25P. The fraction of sp³-hybridized carbons (Fsp3) is 0.934. The van der Waals surface area contributed by atoms with E-state index in [-0.39, 0.29) is 25.7 Å². The summed E-state index contributed by atoms with van der Waals surface area (Å²) >= 11 is 0. The Morgan fingerprint density at radius 3 is 1.11 bits per heavy atom. The summed E-state index contributed by atoms with van der Waals surface area (Å²) in [5.74, 6) is -2.34. The predicted molar refractivity (Wildman–Crippen MR) is 453 cm³/mol. The van der Waals surface area contributed by atoms with Crippen LogP contribution in [-0.2, 0) is 70.7 Å². The summed E-state index contributed by atoms with van der Waals surface area (Å²) in [4.78, 5) is 66.5. The first-order valence-corrected chi connectivity index (χ1v) is 48.8. The average molecular weight is 1690 g/mol. The molecule has 3 fully saturated rings. The molecule has 2 saturated heterocycles. The molecule has 688 valence electrons. The van der Waals surface area contributed by atoms with E-state index in [1.54, 1.807) is 0 Å². The number of hydrogen-bond acceptors (Lipinski definition) is 24. The van der Waals surface area contributed by atoms with Gasteiger partial charge in [0.15, 0.2) is 24.8 Å². The van der Waals surface area contributed by atoms with Gasteiger partial charge in [-0.1, -0.05) is 342 Å². The van der Waals surface area contributed by atoms with Crippen LogP contribution in [-0.4, -0.2) is 205 Å². The number of carbonyl (C=O) groups excluding carboxylic acids is 4. The Bertz CT molecular complexity index is 2500. The van der Waals surface area contributed by atoms with E-state index in [9.17, 15) is 74.6 Å². The van der Waals surface area contributed by atoms with Crippen molar-refractivity contribution >= 4 is 31.7 Å². The van der Waals surface area contributed by atoms with Crippen molar-refractivity contribution in [1.29, 1.82) is 0 Å². The lowest BCUT2D eigenvalue weighted by molar-refractivity contribution is -0.360. The van der Waals surface area contributed by atoms with Crippen molar-refractivity contribution in [3.05, 3.63) is 12.2 Å². The van der Waals surface area contributed by atoms with Crippen LogP contribution < -0.4 is 0 Å². The van der Waals surface area contributed by atoms with Gasteiger partial charge in [-0.15, -0.1) is 0 Å². The highest BCUT2D eigenvalue weighted by molar-refractivity contribution is 7.47. The molecule has 26 heteroatoms. The highest BCUT2D eigenvalue weighted by Crippen LogP contribution is 2.49. The van der Waals surface area contributed by atoms with Crippen LogP contribution >= 0.6 is 7.82 Å². The van der Waals surface area contributed by atoms with Gasteiger partial charge in [-0.25, -0.2) is 4.57 Å². The smallest absolute Gasteiger partial charge is 0.463 e. The molecule has 25 nitrogen and oxygen atoms in total. The summed E-state index contributed by atoms with van der Waals surface area (Å²) < 4.78 is 73.5. The van der Waals surface area contributed by atoms with Crippen molar-refractivity contribution in [2.24, 2.45) is 5.92 Å². The predicted octanol–water partition coefficient (Wildman–Crippen LogP) is 17.4. The largest absolute Gasteiger partial charge is 0.472 e. The maximum atomic E-state index is 14.9. The van der Waals surface area contributed by atoms with Crippen molar-refractivity contribution in [3.63, 3.8) is 0 Å². The minimum absolute atomic E-state index is 0.00489. The fourth-order valence-electron chi connectivity index (χ4n) is 15.8. The number of rotatable bonds is 76. The first-order valence-electron chi connectivity index (χ1n) is 47.3. The number of unbranched alkanes of at least 4 members (excludes halogenated alkanes) is 46. The van der Waals surface area contributed by atoms with E-state index in [1.165, 1.54) is 186 Å². The monoisotopic (exact) mass is 1690 g/mol. The molecule has 19 atom stereocenters. The van der Waals surface area contributed by atoms with Crippen LogP contribution in [0.1, 0.15) is 407 Å². The normalized spacial score (nSPS) is 25.3.